The number of imidazole rings is 1. The summed E-state index contributed by atoms with van der Waals surface area (Å²) in [6.45, 7) is 1.51. The Kier molecular flexibility index (Phi) is 7.58. The van der Waals surface area contributed by atoms with E-state index in [0.29, 0.717) is 45.3 Å². The number of anilines is 1. The zero-order valence-corrected chi connectivity index (χ0v) is 24.0. The van der Waals surface area contributed by atoms with E-state index in [9.17, 15) is 14.4 Å². The Morgan fingerprint density at radius 1 is 1.00 bits per heavy atom. The number of ether oxygens (including phenoxy) is 2. The van der Waals surface area contributed by atoms with E-state index in [0.717, 1.165) is 28.8 Å². The van der Waals surface area contributed by atoms with Gasteiger partial charge in [-0.15, -0.1) is 11.3 Å². The van der Waals surface area contributed by atoms with E-state index in [2.05, 4.69) is 27.4 Å². The number of aromatic nitrogens is 2. The molecule has 9 heteroatoms. The SMILES string of the molecule is COC(=O)c1c(NC(=O)C(C)OC(=O)c2ccc3nc(-c4ccccc4)[nH]c3c2)sc2c1CCC(c1ccccc1)C2. The molecular formula is C33H29N3O5S. The number of nitrogens with zero attached hydrogens (tertiary/aromatic N) is 1. The first-order chi connectivity index (χ1) is 20.4. The van der Waals surface area contributed by atoms with Gasteiger partial charge in [-0.05, 0) is 61.4 Å². The van der Waals surface area contributed by atoms with Crippen LogP contribution in [0.4, 0.5) is 5.00 Å². The molecule has 212 valence electrons. The number of thiophene rings is 1. The quantitative estimate of drug-likeness (QED) is 0.212. The number of H-pyrrole nitrogens is 1. The molecule has 2 unspecified atom stereocenters. The minimum absolute atomic E-state index is 0.291. The summed E-state index contributed by atoms with van der Waals surface area (Å²) in [4.78, 5) is 47.8. The smallest absolute Gasteiger partial charge is 0.341 e. The molecule has 1 aliphatic rings. The number of carbonyl (C=O) groups is 3. The molecule has 2 atom stereocenters. The average Bonchev–Trinajstić information content (AvgIpc) is 3.62. The Labute approximate surface area is 246 Å². The lowest BCUT2D eigenvalue weighted by molar-refractivity contribution is -0.123. The van der Waals surface area contributed by atoms with Crippen molar-refractivity contribution in [1.29, 1.82) is 0 Å². The van der Waals surface area contributed by atoms with Gasteiger partial charge in [0.1, 0.15) is 10.8 Å². The molecule has 5 aromatic rings. The summed E-state index contributed by atoms with van der Waals surface area (Å²) in [5.41, 5.74) is 5.17. The van der Waals surface area contributed by atoms with Crippen molar-refractivity contribution in [2.45, 2.75) is 38.2 Å². The van der Waals surface area contributed by atoms with Crippen LogP contribution in [0.2, 0.25) is 0 Å². The van der Waals surface area contributed by atoms with Gasteiger partial charge in [-0.3, -0.25) is 4.79 Å². The summed E-state index contributed by atoms with van der Waals surface area (Å²) in [5, 5.41) is 3.25. The number of benzene rings is 3. The number of esters is 2. The third-order valence-electron chi connectivity index (χ3n) is 7.58. The van der Waals surface area contributed by atoms with Crippen LogP contribution in [0.15, 0.2) is 78.9 Å². The van der Waals surface area contributed by atoms with Gasteiger partial charge in [0, 0.05) is 10.4 Å². The van der Waals surface area contributed by atoms with Crippen molar-refractivity contribution in [3.05, 3.63) is 106 Å². The number of methoxy groups -OCH3 is 1. The van der Waals surface area contributed by atoms with Crippen LogP contribution in [0.25, 0.3) is 22.4 Å². The number of carbonyl (C=O) groups excluding carboxylic acids is 3. The van der Waals surface area contributed by atoms with Crippen LogP contribution in [-0.2, 0) is 27.1 Å². The molecule has 0 radical (unpaired) electrons. The summed E-state index contributed by atoms with van der Waals surface area (Å²) in [6, 6.07) is 25.0. The molecule has 0 fully saturated rings. The lowest BCUT2D eigenvalue weighted by Crippen LogP contribution is -2.30. The Morgan fingerprint density at radius 3 is 2.48 bits per heavy atom. The normalized spacial score (nSPS) is 15.0. The molecule has 8 nitrogen and oxygen atoms in total. The Hall–Kier alpha value is -4.76. The minimum atomic E-state index is -1.10. The van der Waals surface area contributed by atoms with E-state index in [-0.39, 0.29) is 0 Å². The van der Waals surface area contributed by atoms with Gasteiger partial charge in [-0.1, -0.05) is 60.7 Å². The van der Waals surface area contributed by atoms with Crippen LogP contribution in [0.5, 0.6) is 0 Å². The largest absolute Gasteiger partial charge is 0.465 e. The number of fused-ring (bicyclic) bond motifs is 2. The summed E-state index contributed by atoms with van der Waals surface area (Å²) >= 11 is 1.38. The third kappa shape index (κ3) is 5.43. The Balaban J connectivity index is 1.17. The van der Waals surface area contributed by atoms with Gasteiger partial charge in [-0.25, -0.2) is 14.6 Å². The second-order valence-electron chi connectivity index (χ2n) is 10.3. The monoisotopic (exact) mass is 579 g/mol. The lowest BCUT2D eigenvalue weighted by Gasteiger charge is -2.22. The van der Waals surface area contributed by atoms with Crippen LogP contribution in [0.1, 0.15) is 56.0 Å². The molecule has 0 saturated carbocycles. The number of hydrogen-bond donors (Lipinski definition) is 2. The van der Waals surface area contributed by atoms with Gasteiger partial charge >= 0.3 is 11.9 Å². The second kappa shape index (κ2) is 11.6. The van der Waals surface area contributed by atoms with Crippen LogP contribution >= 0.6 is 11.3 Å². The molecule has 1 amide bonds. The molecule has 2 N–H and O–H groups in total. The highest BCUT2D eigenvalue weighted by molar-refractivity contribution is 7.17. The van der Waals surface area contributed by atoms with Crippen LogP contribution in [-0.4, -0.2) is 41.0 Å². The molecule has 0 aliphatic heterocycles. The van der Waals surface area contributed by atoms with Crippen molar-refractivity contribution < 1.29 is 23.9 Å². The molecule has 0 spiro atoms. The third-order valence-corrected chi connectivity index (χ3v) is 8.75. The summed E-state index contributed by atoms with van der Waals surface area (Å²) in [6.07, 6.45) is 1.28. The van der Waals surface area contributed by atoms with E-state index < -0.39 is 23.9 Å². The maximum Gasteiger partial charge on any atom is 0.341 e. The van der Waals surface area contributed by atoms with E-state index in [1.165, 1.54) is 30.9 Å². The highest BCUT2D eigenvalue weighted by atomic mass is 32.1. The van der Waals surface area contributed by atoms with E-state index in [1.807, 2.05) is 48.5 Å². The van der Waals surface area contributed by atoms with Gasteiger partial charge in [0.15, 0.2) is 6.10 Å². The van der Waals surface area contributed by atoms with E-state index >= 15 is 0 Å². The number of hydrogen-bond acceptors (Lipinski definition) is 7. The molecule has 1 aliphatic carbocycles. The molecule has 3 aromatic carbocycles. The predicted octanol–water partition coefficient (Wildman–Crippen LogP) is 6.53. The molecular weight excluding hydrogens is 550 g/mol. The highest BCUT2D eigenvalue weighted by Crippen LogP contribution is 2.42. The van der Waals surface area contributed by atoms with Gasteiger partial charge < -0.3 is 19.8 Å². The maximum absolute atomic E-state index is 13.2. The molecule has 0 bridgehead atoms. The summed E-state index contributed by atoms with van der Waals surface area (Å²) in [5.74, 6) is -0.630. The zero-order valence-electron chi connectivity index (χ0n) is 23.2. The summed E-state index contributed by atoms with van der Waals surface area (Å²) < 4.78 is 10.6. The Bertz CT molecular complexity index is 1780. The fraction of sp³-hybridized carbons (Fsp3) is 0.212. The van der Waals surface area contributed by atoms with Crippen molar-refractivity contribution in [3.63, 3.8) is 0 Å². The van der Waals surface area contributed by atoms with Crippen molar-refractivity contribution in [2.24, 2.45) is 0 Å². The number of aromatic amines is 1. The number of rotatable bonds is 7. The number of amides is 1. The van der Waals surface area contributed by atoms with Gasteiger partial charge in [0.25, 0.3) is 5.91 Å². The van der Waals surface area contributed by atoms with E-state index in [1.54, 1.807) is 18.2 Å². The molecule has 2 heterocycles. The molecule has 6 rings (SSSR count). The van der Waals surface area contributed by atoms with Crippen LogP contribution in [0.3, 0.4) is 0 Å². The Morgan fingerprint density at radius 2 is 1.74 bits per heavy atom. The van der Waals surface area contributed by atoms with Gasteiger partial charge in [-0.2, -0.15) is 0 Å². The summed E-state index contributed by atoms with van der Waals surface area (Å²) in [7, 11) is 1.33. The average molecular weight is 580 g/mol. The fourth-order valence-corrected chi connectivity index (χ4v) is 6.69. The van der Waals surface area contributed by atoms with Crippen molar-refractivity contribution in [1.82, 2.24) is 9.97 Å². The molecule has 2 aromatic heterocycles. The zero-order chi connectivity index (χ0) is 29.2. The molecule has 0 saturated heterocycles. The maximum atomic E-state index is 13.2. The van der Waals surface area contributed by atoms with Crippen molar-refractivity contribution >= 4 is 45.2 Å². The van der Waals surface area contributed by atoms with Crippen LogP contribution < -0.4 is 5.32 Å². The minimum Gasteiger partial charge on any atom is -0.465 e. The first kappa shape index (κ1) is 27.4. The van der Waals surface area contributed by atoms with Gasteiger partial charge in [0.2, 0.25) is 0 Å². The molecule has 42 heavy (non-hydrogen) atoms. The second-order valence-corrected chi connectivity index (χ2v) is 11.4. The predicted molar refractivity (Wildman–Crippen MR) is 162 cm³/mol. The van der Waals surface area contributed by atoms with Crippen molar-refractivity contribution in [3.8, 4) is 11.4 Å². The lowest BCUT2D eigenvalue weighted by atomic mass is 9.83. The van der Waals surface area contributed by atoms with Crippen molar-refractivity contribution in [2.75, 3.05) is 12.4 Å². The first-order valence-corrected chi connectivity index (χ1v) is 14.6. The van der Waals surface area contributed by atoms with E-state index in [4.69, 9.17) is 9.47 Å². The number of nitrogens with one attached hydrogen (secondary N) is 2. The topological polar surface area (TPSA) is 110 Å². The fourth-order valence-electron chi connectivity index (χ4n) is 5.37. The highest BCUT2D eigenvalue weighted by Gasteiger charge is 2.31. The van der Waals surface area contributed by atoms with Gasteiger partial charge in [0.05, 0.1) is 29.3 Å². The standard InChI is InChI=1S/C33H29N3O5S/c1-19(41-32(38)23-14-16-25-26(17-23)35-29(34-25)21-11-7-4-8-12-21)30(37)36-31-28(33(39)40-2)24-15-13-22(18-27(24)42-31)20-9-5-3-6-10-20/h3-12,14,16-17,19,22H,13,15,18H2,1-2H3,(H,34,35)(H,36,37). The first-order valence-electron chi connectivity index (χ1n) is 13.8. The van der Waals surface area contributed by atoms with Crippen LogP contribution in [0, 0.1) is 0 Å².